The smallest absolute Gasteiger partial charge is 0.352 e. The summed E-state index contributed by atoms with van der Waals surface area (Å²) in [4.78, 5) is 32.2. The third kappa shape index (κ3) is 18.2. The molecule has 3 atom stereocenters. The number of carbonyl (C=O) groups excluding carboxylic acids is 2. The van der Waals surface area contributed by atoms with Crippen LogP contribution < -0.4 is 10.2 Å². The predicted octanol–water partition coefficient (Wildman–Crippen LogP) is 13.6. The third-order valence-corrected chi connectivity index (χ3v) is 11.6. The summed E-state index contributed by atoms with van der Waals surface area (Å²) in [5.74, 6) is 0.578. The number of allylic oxidation sites excluding steroid dienone is 1. The number of anilines is 2. The van der Waals surface area contributed by atoms with Crippen LogP contribution in [0, 0.1) is 23.7 Å². The highest BCUT2D eigenvalue weighted by atomic mass is 16.7. The van der Waals surface area contributed by atoms with Gasteiger partial charge in [0.05, 0.1) is 0 Å². The van der Waals surface area contributed by atoms with Crippen molar-refractivity contribution < 1.29 is 19.1 Å². The Labute approximate surface area is 360 Å². The topological polar surface area (TPSA) is 71.1 Å². The Morgan fingerprint density at radius 1 is 0.695 bits per heavy atom. The zero-order valence-corrected chi connectivity index (χ0v) is 39.4. The molecular weight excluding hydrogens is 731 g/mol. The fraction of sp³-hybridized carbons (Fsp3) is 0.654. The summed E-state index contributed by atoms with van der Waals surface area (Å²) < 4.78 is 11.5. The van der Waals surface area contributed by atoms with Crippen LogP contribution in [0.2, 0.25) is 0 Å². The summed E-state index contributed by atoms with van der Waals surface area (Å²) in [6, 6.07) is 16.8. The molecule has 0 aliphatic carbocycles. The lowest BCUT2D eigenvalue weighted by atomic mass is 9.91. The van der Waals surface area contributed by atoms with Gasteiger partial charge in [-0.1, -0.05) is 155 Å². The highest BCUT2D eigenvalue weighted by molar-refractivity contribution is 6.16. The molecule has 0 saturated carbocycles. The number of nitrogens with one attached hydrogen (secondary N) is 1. The molecule has 0 radical (unpaired) electrons. The van der Waals surface area contributed by atoms with Gasteiger partial charge in [-0.15, -0.1) is 0 Å². The average molecular weight is 814 g/mol. The van der Waals surface area contributed by atoms with Crippen molar-refractivity contribution in [1.82, 2.24) is 4.90 Å². The minimum Gasteiger partial charge on any atom is -0.419 e. The molecule has 2 aromatic carbocycles. The van der Waals surface area contributed by atoms with Gasteiger partial charge in [-0.3, -0.25) is 0 Å². The van der Waals surface area contributed by atoms with Gasteiger partial charge < -0.3 is 24.6 Å². The Morgan fingerprint density at radius 2 is 1.25 bits per heavy atom. The van der Waals surface area contributed by atoms with Crippen molar-refractivity contribution in [3.63, 3.8) is 0 Å². The number of unbranched alkanes of at least 4 members (excludes halogenated alkanes) is 3. The van der Waals surface area contributed by atoms with E-state index in [0.717, 1.165) is 73.7 Å². The Morgan fingerprint density at radius 3 is 1.80 bits per heavy atom. The quantitative estimate of drug-likeness (QED) is 0.0317. The van der Waals surface area contributed by atoms with Crippen LogP contribution in [-0.2, 0) is 32.0 Å². The van der Waals surface area contributed by atoms with Crippen LogP contribution >= 0.6 is 0 Å². The summed E-state index contributed by atoms with van der Waals surface area (Å²) in [7, 11) is 4.02. The molecule has 1 unspecified atom stereocenters. The van der Waals surface area contributed by atoms with E-state index in [2.05, 4.69) is 95.9 Å². The van der Waals surface area contributed by atoms with E-state index in [1.807, 2.05) is 43.3 Å². The van der Waals surface area contributed by atoms with Gasteiger partial charge in [0.25, 0.3) is 5.79 Å². The van der Waals surface area contributed by atoms with E-state index < -0.39 is 17.7 Å². The number of carbonyl (C=O) groups is 2. The molecule has 1 N–H and O–H groups in total. The number of hydrogen-bond acceptors (Lipinski definition) is 7. The first kappa shape index (κ1) is 49.6. The highest BCUT2D eigenvalue weighted by Gasteiger charge is 2.43. The molecule has 0 spiro atoms. The second-order valence-corrected chi connectivity index (χ2v) is 19.3. The first-order valence-corrected chi connectivity index (χ1v) is 23.2. The minimum absolute atomic E-state index is 0.0941. The van der Waals surface area contributed by atoms with E-state index in [-0.39, 0.29) is 11.6 Å². The number of esters is 2. The lowest BCUT2D eigenvalue weighted by Crippen LogP contribution is -2.46. The van der Waals surface area contributed by atoms with Crippen LogP contribution in [-0.4, -0.2) is 42.8 Å². The maximum atomic E-state index is 14.0. The van der Waals surface area contributed by atoms with Crippen molar-refractivity contribution >= 4 is 23.3 Å². The van der Waals surface area contributed by atoms with Crippen LogP contribution in [0.3, 0.4) is 0 Å². The number of cyclic esters (lactones) is 2. The summed E-state index contributed by atoms with van der Waals surface area (Å²) in [5.41, 5.74) is 5.45. The minimum atomic E-state index is -1.36. The first-order chi connectivity index (χ1) is 28.0. The number of benzene rings is 2. The predicted molar refractivity (Wildman–Crippen MR) is 249 cm³/mol. The molecule has 0 aromatic heterocycles. The molecule has 3 rings (SSSR count). The molecule has 7 heteroatoms. The van der Waals surface area contributed by atoms with Gasteiger partial charge in [0.2, 0.25) is 0 Å². The normalized spacial score (nSPS) is 15.8. The molecule has 0 bridgehead atoms. The fourth-order valence-electron chi connectivity index (χ4n) is 8.14. The van der Waals surface area contributed by atoms with Crippen LogP contribution in [0.25, 0.3) is 0 Å². The van der Waals surface area contributed by atoms with Gasteiger partial charge in [-0.05, 0) is 91.7 Å². The summed E-state index contributed by atoms with van der Waals surface area (Å²) in [6.07, 6.45) is 20.1. The van der Waals surface area contributed by atoms with Crippen molar-refractivity contribution in [2.24, 2.45) is 23.7 Å². The first-order valence-electron chi connectivity index (χ1n) is 23.2. The molecule has 2 aromatic rings. The Balaban J connectivity index is 2.00. The molecule has 59 heavy (non-hydrogen) atoms. The van der Waals surface area contributed by atoms with Crippen molar-refractivity contribution in [1.29, 1.82) is 0 Å². The van der Waals surface area contributed by atoms with Gasteiger partial charge in [0.15, 0.2) is 5.57 Å². The lowest BCUT2D eigenvalue weighted by molar-refractivity contribution is -0.222. The largest absolute Gasteiger partial charge is 0.419 e. The Hall–Kier alpha value is -3.74. The van der Waals surface area contributed by atoms with Crippen LogP contribution in [0.1, 0.15) is 170 Å². The summed E-state index contributed by atoms with van der Waals surface area (Å²) in [6.45, 7) is 22.2. The SMILES string of the molecule is CCCCCCC(C=C(C)CCC[C@H](C)CCC[C@H](C)CCCC(C)C)N(Cc1ccc(CC(C)C)cc1)C(Nc1ccc(N(C)C)cc1)=C1C(=O)OC(C)(C)OC1=O. The van der Waals surface area contributed by atoms with E-state index >= 15 is 0 Å². The number of nitrogens with zero attached hydrogens (tertiary/aromatic N) is 2. The van der Waals surface area contributed by atoms with Gasteiger partial charge >= 0.3 is 11.9 Å². The molecule has 1 fully saturated rings. The van der Waals surface area contributed by atoms with Crippen molar-refractivity contribution in [2.75, 3.05) is 24.3 Å². The molecule has 7 nitrogen and oxygen atoms in total. The summed E-state index contributed by atoms with van der Waals surface area (Å²) in [5, 5.41) is 3.57. The van der Waals surface area contributed by atoms with Crippen LogP contribution in [0.4, 0.5) is 11.4 Å². The van der Waals surface area contributed by atoms with Crippen LogP contribution in [0.5, 0.6) is 0 Å². The standard InChI is InChI=1S/C52H83N3O4/c1-13-14-15-16-26-47(36-42(8)25-19-24-41(7)23-18-22-40(6)21-17-20-38(2)3)55(37-44-29-27-43(28-30-44)35-39(4)5)49(48-50(56)58-52(9,10)59-51(48)57)53-45-31-33-46(34-32-45)54(11)12/h27-34,36,38-41,47,53H,13-26,35,37H2,1-12H3/t40-,41-,47?/m1/s1. The molecule has 1 aliphatic rings. The molecule has 1 aliphatic heterocycles. The maximum absolute atomic E-state index is 14.0. The summed E-state index contributed by atoms with van der Waals surface area (Å²) >= 11 is 0. The van der Waals surface area contributed by atoms with Gasteiger partial charge in [-0.25, -0.2) is 9.59 Å². The third-order valence-electron chi connectivity index (χ3n) is 11.6. The van der Waals surface area contributed by atoms with E-state index in [4.69, 9.17) is 9.47 Å². The number of hydrogen-bond donors (Lipinski definition) is 1. The molecule has 0 amide bonds. The van der Waals surface area contributed by atoms with E-state index in [1.165, 1.54) is 62.5 Å². The van der Waals surface area contributed by atoms with Crippen LogP contribution in [0.15, 0.2) is 71.6 Å². The van der Waals surface area contributed by atoms with Crippen molar-refractivity contribution in [3.05, 3.63) is 82.7 Å². The van der Waals surface area contributed by atoms with Gasteiger partial charge in [-0.2, -0.15) is 0 Å². The van der Waals surface area contributed by atoms with E-state index in [9.17, 15) is 9.59 Å². The molecule has 1 heterocycles. The number of rotatable bonds is 27. The zero-order valence-electron chi connectivity index (χ0n) is 39.4. The monoisotopic (exact) mass is 814 g/mol. The second kappa shape index (κ2) is 25.1. The fourth-order valence-corrected chi connectivity index (χ4v) is 8.14. The molecule has 1 saturated heterocycles. The lowest BCUT2D eigenvalue weighted by Gasteiger charge is -2.38. The van der Waals surface area contributed by atoms with Crippen molar-refractivity contribution in [3.8, 4) is 0 Å². The van der Waals surface area contributed by atoms with Crippen molar-refractivity contribution in [2.45, 2.75) is 184 Å². The Kier molecular flexibility index (Phi) is 21.1. The highest BCUT2D eigenvalue weighted by Crippen LogP contribution is 2.32. The average Bonchev–Trinajstić information content (AvgIpc) is 3.14. The molecule has 330 valence electrons. The van der Waals surface area contributed by atoms with Gasteiger partial charge in [0.1, 0.15) is 5.82 Å². The van der Waals surface area contributed by atoms with E-state index in [1.54, 1.807) is 13.8 Å². The number of ether oxygens (including phenoxy) is 2. The second-order valence-electron chi connectivity index (χ2n) is 19.3. The maximum Gasteiger partial charge on any atom is 0.352 e. The molecular formula is C52H83N3O4. The van der Waals surface area contributed by atoms with Gasteiger partial charge in [0, 0.05) is 51.9 Å². The Bertz CT molecular complexity index is 1580. The zero-order chi connectivity index (χ0) is 43.5. The van der Waals surface area contributed by atoms with E-state index in [0.29, 0.717) is 24.2 Å².